The van der Waals surface area contributed by atoms with Gasteiger partial charge in [0, 0.05) is 18.6 Å². The van der Waals surface area contributed by atoms with Crippen molar-refractivity contribution in [3.63, 3.8) is 0 Å². The fourth-order valence-electron chi connectivity index (χ4n) is 5.78. The molecule has 128 valence electrons. The summed E-state index contributed by atoms with van der Waals surface area (Å²) in [5, 5.41) is 12.3. The number of rotatable bonds is 2. The zero-order chi connectivity index (χ0) is 16.0. The summed E-state index contributed by atoms with van der Waals surface area (Å²) >= 11 is 0. The molecule has 2 N–H and O–H groups in total. The summed E-state index contributed by atoms with van der Waals surface area (Å²) in [5.74, 6) is 1.50. The number of carbonyl (C=O) groups excluding carboxylic acids is 1. The summed E-state index contributed by atoms with van der Waals surface area (Å²) in [5.41, 5.74) is 0. The number of amides is 2. The van der Waals surface area contributed by atoms with Crippen LogP contribution in [-0.2, 0) is 4.79 Å². The molecule has 3 aliphatic carbocycles. The Hall–Kier alpha value is -1.26. The van der Waals surface area contributed by atoms with Crippen molar-refractivity contribution in [3.8, 4) is 0 Å². The molecule has 2 unspecified atom stereocenters. The molecule has 0 aromatic heterocycles. The Bertz CT molecular complexity index is 473. The molecular weight excluding hydrogens is 292 g/mol. The molecule has 23 heavy (non-hydrogen) atoms. The van der Waals surface area contributed by atoms with Gasteiger partial charge in [-0.05, 0) is 75.5 Å². The second-order valence-electron chi connectivity index (χ2n) is 8.42. The predicted molar refractivity (Wildman–Crippen MR) is 86.0 cm³/mol. The van der Waals surface area contributed by atoms with Crippen LogP contribution < -0.4 is 5.32 Å². The zero-order valence-electron chi connectivity index (χ0n) is 13.7. The van der Waals surface area contributed by atoms with E-state index < -0.39 is 5.97 Å². The first kappa shape index (κ1) is 15.3. The van der Waals surface area contributed by atoms with Crippen LogP contribution in [0.25, 0.3) is 0 Å². The van der Waals surface area contributed by atoms with Crippen LogP contribution in [0.5, 0.6) is 0 Å². The van der Waals surface area contributed by atoms with Gasteiger partial charge in [-0.15, -0.1) is 0 Å². The van der Waals surface area contributed by atoms with E-state index in [2.05, 4.69) is 10.2 Å². The molecule has 2 atom stereocenters. The van der Waals surface area contributed by atoms with Crippen molar-refractivity contribution in [2.24, 2.45) is 23.7 Å². The maximum atomic E-state index is 12.8. The van der Waals surface area contributed by atoms with Gasteiger partial charge in [0.05, 0.1) is 5.92 Å². The molecule has 2 aliphatic heterocycles. The van der Waals surface area contributed by atoms with Gasteiger partial charge < -0.3 is 15.3 Å². The van der Waals surface area contributed by atoms with Crippen LogP contribution in [0.15, 0.2) is 0 Å². The maximum absolute atomic E-state index is 12.8. The molecule has 5 fully saturated rings. The van der Waals surface area contributed by atoms with Crippen molar-refractivity contribution in [1.29, 1.82) is 0 Å². The lowest BCUT2D eigenvalue weighted by molar-refractivity contribution is -0.142. The first-order chi connectivity index (χ1) is 11.1. The number of nitrogens with one attached hydrogen (secondary N) is 1. The third kappa shape index (κ3) is 3.07. The van der Waals surface area contributed by atoms with Gasteiger partial charge in [0.15, 0.2) is 0 Å². The van der Waals surface area contributed by atoms with Gasteiger partial charge in [0.25, 0.3) is 0 Å². The molecule has 2 amide bonds. The van der Waals surface area contributed by atoms with Gasteiger partial charge in [0.1, 0.15) is 0 Å². The van der Waals surface area contributed by atoms with Crippen LogP contribution >= 0.6 is 0 Å². The van der Waals surface area contributed by atoms with Crippen LogP contribution in [0.3, 0.4) is 0 Å². The summed E-state index contributed by atoms with van der Waals surface area (Å²) in [6.07, 6.45) is 9.42. The zero-order valence-corrected chi connectivity index (χ0v) is 13.7. The van der Waals surface area contributed by atoms with E-state index in [0.29, 0.717) is 24.8 Å². The number of carboxylic acids is 1. The van der Waals surface area contributed by atoms with Crippen molar-refractivity contribution in [2.75, 3.05) is 6.54 Å². The first-order valence-corrected chi connectivity index (χ1v) is 9.38. The Labute approximate surface area is 137 Å². The summed E-state index contributed by atoms with van der Waals surface area (Å²) in [4.78, 5) is 26.0. The van der Waals surface area contributed by atoms with E-state index in [0.717, 1.165) is 31.2 Å². The Kier molecular flexibility index (Phi) is 3.98. The smallest absolute Gasteiger partial charge is 0.317 e. The molecule has 0 spiro atoms. The minimum Gasteiger partial charge on any atom is -0.481 e. The molecule has 0 radical (unpaired) electrons. The Morgan fingerprint density at radius 1 is 0.870 bits per heavy atom. The lowest BCUT2D eigenvalue weighted by atomic mass is 9.68. The van der Waals surface area contributed by atoms with Crippen molar-refractivity contribution in [1.82, 2.24) is 10.2 Å². The molecule has 0 aromatic rings. The van der Waals surface area contributed by atoms with Gasteiger partial charge in [-0.3, -0.25) is 4.79 Å². The normalized spacial score (nSPS) is 42.3. The number of hydrogen-bond donors (Lipinski definition) is 2. The number of carboxylic acid groups (broad SMARTS) is 1. The van der Waals surface area contributed by atoms with E-state index in [9.17, 15) is 9.59 Å². The number of carbonyl (C=O) groups is 2. The number of aliphatic carboxylic acids is 1. The molecule has 5 heteroatoms. The lowest BCUT2D eigenvalue weighted by Gasteiger charge is -2.39. The first-order valence-electron chi connectivity index (χ1n) is 9.38. The highest BCUT2D eigenvalue weighted by atomic mass is 16.4. The average molecular weight is 320 g/mol. The van der Waals surface area contributed by atoms with Crippen LogP contribution in [0.2, 0.25) is 0 Å². The van der Waals surface area contributed by atoms with Crippen molar-refractivity contribution in [2.45, 2.75) is 69.9 Å². The minimum atomic E-state index is -0.685. The highest BCUT2D eigenvalue weighted by Gasteiger charge is 2.44. The molecular formula is C18H28N2O3. The van der Waals surface area contributed by atoms with E-state index in [1.54, 1.807) is 0 Å². The van der Waals surface area contributed by atoms with Crippen molar-refractivity contribution < 1.29 is 14.7 Å². The molecule has 0 aromatic carbocycles. The largest absolute Gasteiger partial charge is 0.481 e. The molecule has 4 bridgehead atoms. The van der Waals surface area contributed by atoms with E-state index in [1.165, 1.54) is 32.1 Å². The highest BCUT2D eigenvalue weighted by molar-refractivity contribution is 5.75. The summed E-state index contributed by atoms with van der Waals surface area (Å²) < 4.78 is 0. The molecule has 2 saturated heterocycles. The summed E-state index contributed by atoms with van der Waals surface area (Å²) in [6, 6.07) is 0.722. The van der Waals surface area contributed by atoms with Crippen LogP contribution in [0.1, 0.15) is 57.8 Å². The minimum absolute atomic E-state index is 0.113. The molecule has 5 aliphatic rings. The summed E-state index contributed by atoms with van der Waals surface area (Å²) in [6.45, 7) is 0.938. The highest BCUT2D eigenvalue weighted by Crippen LogP contribution is 2.47. The van der Waals surface area contributed by atoms with Crippen LogP contribution in [0, 0.1) is 23.7 Å². The fraction of sp³-hybridized carbons (Fsp3) is 0.889. The van der Waals surface area contributed by atoms with E-state index >= 15 is 0 Å². The Morgan fingerprint density at radius 3 is 2.09 bits per heavy atom. The Morgan fingerprint density at radius 2 is 1.48 bits per heavy atom. The van der Waals surface area contributed by atoms with Gasteiger partial charge in [-0.2, -0.15) is 0 Å². The van der Waals surface area contributed by atoms with Crippen molar-refractivity contribution in [3.05, 3.63) is 0 Å². The van der Waals surface area contributed by atoms with E-state index in [4.69, 9.17) is 5.11 Å². The van der Waals surface area contributed by atoms with Gasteiger partial charge in [-0.1, -0.05) is 0 Å². The monoisotopic (exact) mass is 320 g/mol. The van der Waals surface area contributed by atoms with Crippen molar-refractivity contribution >= 4 is 12.0 Å². The SMILES string of the molecule is O=C(O)C1CCC(NC(=O)N2CC3CC4CC(C3)CC2C4)CC1. The Balaban J connectivity index is 1.35. The van der Waals surface area contributed by atoms with Crippen LogP contribution in [-0.4, -0.2) is 40.6 Å². The van der Waals surface area contributed by atoms with Gasteiger partial charge in [-0.25, -0.2) is 4.79 Å². The second kappa shape index (κ2) is 5.99. The third-order valence-corrected chi connectivity index (χ3v) is 6.77. The molecule has 3 saturated carbocycles. The maximum Gasteiger partial charge on any atom is 0.317 e. The molecule has 2 heterocycles. The standard InChI is InChI=1S/C18H28N2O3/c21-17(22)14-1-3-15(4-2-14)19-18(23)20-10-13-6-11-5-12(7-13)9-16(20)8-11/h11-16H,1-10H2,(H,19,23)(H,21,22). The van der Waals surface area contributed by atoms with Gasteiger partial charge in [0.2, 0.25) is 0 Å². The quantitative estimate of drug-likeness (QED) is 0.822. The molecule has 5 rings (SSSR count). The third-order valence-electron chi connectivity index (χ3n) is 6.77. The number of nitrogens with zero attached hydrogens (tertiary/aromatic N) is 1. The average Bonchev–Trinajstić information content (AvgIpc) is 2.71. The molecule has 5 nitrogen and oxygen atoms in total. The van der Waals surface area contributed by atoms with Crippen LogP contribution in [0.4, 0.5) is 4.79 Å². The van der Waals surface area contributed by atoms with E-state index in [1.807, 2.05) is 0 Å². The second-order valence-corrected chi connectivity index (χ2v) is 8.42. The van der Waals surface area contributed by atoms with Gasteiger partial charge >= 0.3 is 12.0 Å². The number of fused-ring (bicyclic) bond motifs is 1. The van der Waals surface area contributed by atoms with E-state index in [-0.39, 0.29) is 18.0 Å². The fourth-order valence-corrected chi connectivity index (χ4v) is 5.78. The lowest BCUT2D eigenvalue weighted by Crippen LogP contribution is -2.50. The predicted octanol–water partition coefficient (Wildman–Crippen LogP) is 2.85. The summed E-state index contributed by atoms with van der Waals surface area (Å²) in [7, 11) is 0. The topological polar surface area (TPSA) is 69.6 Å². The number of urea groups is 1. The number of hydrogen-bond acceptors (Lipinski definition) is 2.